The Morgan fingerprint density at radius 3 is 2.60 bits per heavy atom. The van der Waals surface area contributed by atoms with Crippen molar-refractivity contribution >= 4 is 0 Å². The number of nitrogens with one attached hydrogen (secondary N) is 1. The Morgan fingerprint density at radius 1 is 1.15 bits per heavy atom. The smallest absolute Gasteiger partial charge is 0.237 e. The predicted molar refractivity (Wildman–Crippen MR) is 80.0 cm³/mol. The molecule has 1 aromatic heterocycles. The average Bonchev–Trinajstić information content (AvgIpc) is 2.43. The maximum atomic E-state index is 5.78. The van der Waals surface area contributed by atoms with E-state index in [4.69, 9.17) is 4.74 Å². The molecule has 0 bridgehead atoms. The highest BCUT2D eigenvalue weighted by Crippen LogP contribution is 2.25. The molecule has 4 nitrogen and oxygen atoms in total. The SMILES string of the molecule is Cc1cccc(Oc2cnc(CNC(C)C)cn2)c1C. The molecule has 1 N–H and O–H groups in total. The highest BCUT2D eigenvalue weighted by molar-refractivity contribution is 5.39. The zero-order chi connectivity index (χ0) is 14.5. The Balaban J connectivity index is 2.05. The number of aryl methyl sites for hydroxylation is 1. The molecular formula is C16H21N3O. The van der Waals surface area contributed by atoms with Crippen molar-refractivity contribution in [3.63, 3.8) is 0 Å². The van der Waals surface area contributed by atoms with Gasteiger partial charge in [0.2, 0.25) is 5.88 Å². The molecule has 0 aliphatic rings. The molecule has 2 rings (SSSR count). The largest absolute Gasteiger partial charge is 0.437 e. The van der Waals surface area contributed by atoms with Gasteiger partial charge in [0, 0.05) is 12.6 Å². The summed E-state index contributed by atoms with van der Waals surface area (Å²) >= 11 is 0. The standard InChI is InChI=1S/C16H21N3O/c1-11(2)17-8-14-9-19-16(10-18-14)20-15-7-5-6-12(3)13(15)4/h5-7,9-11,17H,8H2,1-4H3. The lowest BCUT2D eigenvalue weighted by Crippen LogP contribution is -2.22. The Hall–Kier alpha value is -1.94. The molecule has 4 heteroatoms. The molecule has 1 heterocycles. The maximum Gasteiger partial charge on any atom is 0.237 e. The summed E-state index contributed by atoms with van der Waals surface area (Å²) in [5.41, 5.74) is 3.24. The average molecular weight is 271 g/mol. The monoisotopic (exact) mass is 271 g/mol. The van der Waals surface area contributed by atoms with Crippen molar-refractivity contribution in [2.75, 3.05) is 0 Å². The Kier molecular flexibility index (Phi) is 4.69. The van der Waals surface area contributed by atoms with Crippen LogP contribution in [0.2, 0.25) is 0 Å². The number of hydrogen-bond donors (Lipinski definition) is 1. The molecule has 0 radical (unpaired) electrons. The van der Waals surface area contributed by atoms with Crippen LogP contribution >= 0.6 is 0 Å². The minimum absolute atomic E-state index is 0.433. The fourth-order valence-corrected chi connectivity index (χ4v) is 1.74. The molecule has 106 valence electrons. The minimum atomic E-state index is 0.433. The summed E-state index contributed by atoms with van der Waals surface area (Å²) in [5.74, 6) is 1.35. The first-order chi connectivity index (χ1) is 9.56. The highest BCUT2D eigenvalue weighted by atomic mass is 16.5. The van der Waals surface area contributed by atoms with E-state index in [0.29, 0.717) is 18.5 Å². The van der Waals surface area contributed by atoms with Crippen molar-refractivity contribution in [1.82, 2.24) is 15.3 Å². The van der Waals surface area contributed by atoms with Gasteiger partial charge in [-0.25, -0.2) is 4.98 Å². The van der Waals surface area contributed by atoms with Gasteiger partial charge in [-0.05, 0) is 31.0 Å². The Morgan fingerprint density at radius 2 is 1.95 bits per heavy atom. The van der Waals surface area contributed by atoms with Crippen molar-refractivity contribution in [2.24, 2.45) is 0 Å². The topological polar surface area (TPSA) is 47.0 Å². The van der Waals surface area contributed by atoms with Gasteiger partial charge in [0.1, 0.15) is 5.75 Å². The van der Waals surface area contributed by atoms with Crippen LogP contribution in [0.15, 0.2) is 30.6 Å². The first-order valence-corrected chi connectivity index (χ1v) is 6.84. The zero-order valence-corrected chi connectivity index (χ0v) is 12.5. The summed E-state index contributed by atoms with van der Waals surface area (Å²) in [5, 5.41) is 3.30. The molecule has 0 atom stereocenters. The van der Waals surface area contributed by atoms with Gasteiger partial charge in [-0.2, -0.15) is 0 Å². The van der Waals surface area contributed by atoms with Crippen molar-refractivity contribution in [1.29, 1.82) is 0 Å². The number of ether oxygens (including phenoxy) is 1. The molecule has 0 fully saturated rings. The Labute approximate surface area is 120 Å². The lowest BCUT2D eigenvalue weighted by Gasteiger charge is -2.10. The molecule has 20 heavy (non-hydrogen) atoms. The quantitative estimate of drug-likeness (QED) is 0.905. The lowest BCUT2D eigenvalue weighted by atomic mass is 10.1. The Bertz CT molecular complexity index is 564. The minimum Gasteiger partial charge on any atom is -0.437 e. The third kappa shape index (κ3) is 3.78. The van der Waals surface area contributed by atoms with Gasteiger partial charge in [0.25, 0.3) is 0 Å². The first kappa shape index (κ1) is 14.5. The van der Waals surface area contributed by atoms with Gasteiger partial charge in [-0.15, -0.1) is 0 Å². The van der Waals surface area contributed by atoms with Crippen LogP contribution in [0.5, 0.6) is 11.6 Å². The van der Waals surface area contributed by atoms with Crippen molar-refractivity contribution in [2.45, 2.75) is 40.3 Å². The van der Waals surface area contributed by atoms with Gasteiger partial charge in [-0.1, -0.05) is 26.0 Å². The number of aromatic nitrogens is 2. The molecule has 0 aliphatic heterocycles. The molecule has 1 aromatic carbocycles. The highest BCUT2D eigenvalue weighted by Gasteiger charge is 2.05. The van der Waals surface area contributed by atoms with Gasteiger partial charge < -0.3 is 10.1 Å². The van der Waals surface area contributed by atoms with E-state index in [1.807, 2.05) is 19.1 Å². The van der Waals surface area contributed by atoms with Crippen LogP contribution in [-0.2, 0) is 6.54 Å². The van der Waals surface area contributed by atoms with Crippen LogP contribution in [0.4, 0.5) is 0 Å². The van der Waals surface area contributed by atoms with E-state index in [1.54, 1.807) is 12.4 Å². The van der Waals surface area contributed by atoms with Gasteiger partial charge in [0.15, 0.2) is 0 Å². The molecule has 0 spiro atoms. The second kappa shape index (κ2) is 6.48. The molecule has 0 saturated carbocycles. The fraction of sp³-hybridized carbons (Fsp3) is 0.375. The maximum absolute atomic E-state index is 5.78. The van der Waals surface area contributed by atoms with E-state index in [1.165, 1.54) is 5.56 Å². The third-order valence-electron chi connectivity index (χ3n) is 3.14. The summed E-state index contributed by atoms with van der Waals surface area (Å²) in [6.07, 6.45) is 3.41. The summed E-state index contributed by atoms with van der Waals surface area (Å²) in [6, 6.07) is 6.42. The molecule has 0 amide bonds. The second-order valence-corrected chi connectivity index (χ2v) is 5.18. The van der Waals surface area contributed by atoms with Crippen LogP contribution in [0.3, 0.4) is 0 Å². The van der Waals surface area contributed by atoms with Crippen LogP contribution in [-0.4, -0.2) is 16.0 Å². The summed E-state index contributed by atoms with van der Waals surface area (Å²) < 4.78 is 5.78. The molecular weight excluding hydrogens is 250 g/mol. The lowest BCUT2D eigenvalue weighted by molar-refractivity contribution is 0.454. The summed E-state index contributed by atoms with van der Waals surface area (Å²) in [4.78, 5) is 8.65. The van der Waals surface area contributed by atoms with Crippen molar-refractivity contribution < 1.29 is 4.74 Å². The second-order valence-electron chi connectivity index (χ2n) is 5.18. The van der Waals surface area contributed by atoms with Crippen molar-refractivity contribution in [3.8, 4) is 11.6 Å². The molecule has 2 aromatic rings. The van der Waals surface area contributed by atoms with E-state index < -0.39 is 0 Å². The van der Waals surface area contributed by atoms with Crippen LogP contribution < -0.4 is 10.1 Å². The fourth-order valence-electron chi connectivity index (χ4n) is 1.74. The first-order valence-electron chi connectivity index (χ1n) is 6.84. The number of hydrogen-bond acceptors (Lipinski definition) is 4. The third-order valence-corrected chi connectivity index (χ3v) is 3.14. The molecule has 0 saturated heterocycles. The van der Waals surface area contributed by atoms with Gasteiger partial charge in [0.05, 0.1) is 18.1 Å². The van der Waals surface area contributed by atoms with Gasteiger partial charge >= 0.3 is 0 Å². The van der Waals surface area contributed by atoms with E-state index in [9.17, 15) is 0 Å². The number of rotatable bonds is 5. The summed E-state index contributed by atoms with van der Waals surface area (Å²) in [7, 11) is 0. The van der Waals surface area contributed by atoms with E-state index in [0.717, 1.165) is 17.0 Å². The zero-order valence-electron chi connectivity index (χ0n) is 12.5. The van der Waals surface area contributed by atoms with E-state index in [2.05, 4.69) is 42.1 Å². The molecule has 0 aliphatic carbocycles. The number of nitrogens with zero attached hydrogens (tertiary/aromatic N) is 2. The van der Waals surface area contributed by atoms with E-state index in [-0.39, 0.29) is 0 Å². The van der Waals surface area contributed by atoms with Gasteiger partial charge in [-0.3, -0.25) is 4.98 Å². The van der Waals surface area contributed by atoms with Crippen molar-refractivity contribution in [3.05, 3.63) is 47.4 Å². The normalized spacial score (nSPS) is 10.8. The summed E-state index contributed by atoms with van der Waals surface area (Å²) in [6.45, 7) is 9.03. The van der Waals surface area contributed by atoms with E-state index >= 15 is 0 Å². The molecule has 0 unspecified atom stereocenters. The number of benzene rings is 1. The van der Waals surface area contributed by atoms with Crippen LogP contribution in [0.25, 0.3) is 0 Å². The van der Waals surface area contributed by atoms with Crippen LogP contribution in [0, 0.1) is 13.8 Å². The van der Waals surface area contributed by atoms with Crippen LogP contribution in [0.1, 0.15) is 30.7 Å². The predicted octanol–water partition coefficient (Wildman–Crippen LogP) is 3.38.